The molecule has 5 rings (SSSR count). The highest BCUT2D eigenvalue weighted by Crippen LogP contribution is 2.40. The minimum Gasteiger partial charge on any atom is -0.497 e. The lowest BCUT2D eigenvalue weighted by Crippen LogP contribution is -2.19. The molecule has 5 aromatic rings. The molecule has 1 heterocycles. The van der Waals surface area contributed by atoms with Crippen LogP contribution in [0.3, 0.4) is 0 Å². The zero-order valence-electron chi connectivity index (χ0n) is 22.1. The van der Waals surface area contributed by atoms with Gasteiger partial charge in [0.25, 0.3) is 5.91 Å². The zero-order valence-corrected chi connectivity index (χ0v) is 25.3. The lowest BCUT2D eigenvalue weighted by molar-refractivity contribution is -0.136. The summed E-state index contributed by atoms with van der Waals surface area (Å²) in [5.41, 5.74) is 2.57. The molecule has 0 aliphatic rings. The van der Waals surface area contributed by atoms with Crippen LogP contribution in [-0.4, -0.2) is 30.2 Å². The van der Waals surface area contributed by atoms with Crippen molar-refractivity contribution in [2.24, 2.45) is 5.10 Å². The van der Waals surface area contributed by atoms with Gasteiger partial charge in [-0.05, 0) is 57.9 Å². The first-order valence-electron chi connectivity index (χ1n) is 12.5. The smallest absolute Gasteiger partial charge is 0.418 e. The van der Waals surface area contributed by atoms with E-state index in [1.54, 1.807) is 60.7 Å². The number of H-pyrrole nitrogens is 1. The highest BCUT2D eigenvalue weighted by Gasteiger charge is 2.34. The van der Waals surface area contributed by atoms with Gasteiger partial charge < -0.3 is 14.5 Å². The van der Waals surface area contributed by atoms with Crippen molar-refractivity contribution in [3.8, 4) is 22.6 Å². The minimum absolute atomic E-state index is 0.102. The van der Waals surface area contributed by atoms with Gasteiger partial charge in [-0.15, -0.1) is 0 Å². The van der Waals surface area contributed by atoms with E-state index in [0.29, 0.717) is 31.4 Å². The Bertz CT molecular complexity index is 1870. The molecule has 1 amide bonds. The predicted molar refractivity (Wildman–Crippen MR) is 164 cm³/mol. The second-order valence-electron chi connectivity index (χ2n) is 9.09. The number of benzene rings is 4. The Hall–Kier alpha value is -4.42. The number of hydrazone groups is 1. The molecule has 7 nitrogen and oxygen atoms in total. The number of aromatic nitrogens is 1. The molecule has 4 aromatic carbocycles. The molecule has 0 saturated carbocycles. The van der Waals surface area contributed by atoms with Crippen molar-refractivity contribution < 1.29 is 32.2 Å². The summed E-state index contributed by atoms with van der Waals surface area (Å²) >= 11 is 6.76. The van der Waals surface area contributed by atoms with Gasteiger partial charge in [-0.25, -0.2) is 10.2 Å². The van der Waals surface area contributed by atoms with Crippen LogP contribution in [0, 0.1) is 0 Å². The monoisotopic (exact) mass is 713 g/mol. The number of esters is 1. The fraction of sp³-hybridized carbons (Fsp3) is 0.0645. The van der Waals surface area contributed by atoms with E-state index in [2.05, 4.69) is 47.4 Å². The van der Waals surface area contributed by atoms with Crippen molar-refractivity contribution in [3.63, 3.8) is 0 Å². The van der Waals surface area contributed by atoms with Crippen molar-refractivity contribution in [1.29, 1.82) is 0 Å². The third kappa shape index (κ3) is 6.50. The summed E-state index contributed by atoms with van der Waals surface area (Å²) in [7, 11) is 1.48. The van der Waals surface area contributed by atoms with E-state index in [0.717, 1.165) is 6.07 Å². The van der Waals surface area contributed by atoms with Crippen LogP contribution in [0.25, 0.3) is 22.0 Å². The van der Waals surface area contributed by atoms with Gasteiger partial charge in [-0.2, -0.15) is 18.3 Å². The van der Waals surface area contributed by atoms with E-state index >= 15 is 0 Å². The van der Waals surface area contributed by atoms with Crippen LogP contribution < -0.4 is 14.9 Å². The molecule has 0 saturated heterocycles. The molecule has 0 spiro atoms. The van der Waals surface area contributed by atoms with Gasteiger partial charge in [0.05, 0.1) is 34.4 Å². The number of ether oxygens (including phenoxy) is 2. The SMILES string of the molecule is COc1cccc(C(=O)Oc2c(Br)cc(Br)cc2C=NNC(=O)c2[nH]c3c(C(F)(F)F)cccc3c2-c2ccccc2)c1. The second-order valence-corrected chi connectivity index (χ2v) is 10.9. The average molecular weight is 715 g/mol. The number of hydrogen-bond donors (Lipinski definition) is 2. The van der Waals surface area contributed by atoms with E-state index in [4.69, 9.17) is 9.47 Å². The first kappa shape index (κ1) is 30.1. The number of hydrogen-bond acceptors (Lipinski definition) is 5. The van der Waals surface area contributed by atoms with Gasteiger partial charge in [-0.3, -0.25) is 4.79 Å². The Morgan fingerprint density at radius 3 is 2.42 bits per heavy atom. The van der Waals surface area contributed by atoms with Gasteiger partial charge >= 0.3 is 12.1 Å². The van der Waals surface area contributed by atoms with Gasteiger partial charge in [-0.1, -0.05) is 64.5 Å². The third-order valence-corrected chi connectivity index (χ3v) is 7.38. The molecule has 218 valence electrons. The number of fused-ring (bicyclic) bond motifs is 1. The summed E-state index contributed by atoms with van der Waals surface area (Å²) in [5.74, 6) is -0.836. The van der Waals surface area contributed by atoms with Crippen LogP contribution in [0.4, 0.5) is 13.2 Å². The molecule has 0 aliphatic heterocycles. The summed E-state index contributed by atoms with van der Waals surface area (Å²) in [5, 5.41) is 4.26. The van der Waals surface area contributed by atoms with Gasteiger partial charge in [0.15, 0.2) is 5.75 Å². The average Bonchev–Trinajstić information content (AvgIpc) is 3.38. The van der Waals surface area contributed by atoms with Crippen molar-refractivity contribution in [2.75, 3.05) is 7.11 Å². The number of para-hydroxylation sites is 1. The number of nitrogens with zero attached hydrogens (tertiary/aromatic N) is 1. The standard InChI is InChI=1S/C31H20Br2F3N3O4/c1-42-21-10-5-9-18(14-21)30(41)43-28-19(13-20(32)15-24(28)33)16-37-39-29(40)27-25(17-7-3-2-4-8-17)22-11-6-12-23(26(22)38-27)31(34,35)36/h2-16,38H,1H3,(H,39,40). The summed E-state index contributed by atoms with van der Waals surface area (Å²) < 4.78 is 53.2. The van der Waals surface area contributed by atoms with Crippen LogP contribution in [-0.2, 0) is 6.18 Å². The Labute approximate surface area is 260 Å². The molecule has 0 radical (unpaired) electrons. The number of rotatable bonds is 7. The fourth-order valence-electron chi connectivity index (χ4n) is 4.43. The number of carbonyl (C=O) groups excluding carboxylic acids is 2. The summed E-state index contributed by atoms with van der Waals surface area (Å²) in [6, 6.07) is 22.1. The number of carbonyl (C=O) groups is 2. The summed E-state index contributed by atoms with van der Waals surface area (Å²) in [4.78, 5) is 28.9. The highest BCUT2D eigenvalue weighted by molar-refractivity contribution is 9.11. The number of halogens is 5. The molecule has 0 aliphatic carbocycles. The Morgan fingerprint density at radius 1 is 0.953 bits per heavy atom. The Balaban J connectivity index is 1.47. The Morgan fingerprint density at radius 2 is 1.70 bits per heavy atom. The predicted octanol–water partition coefficient (Wildman–Crippen LogP) is 8.37. The molecule has 43 heavy (non-hydrogen) atoms. The molecule has 2 N–H and O–H groups in total. The second kappa shape index (κ2) is 12.4. The summed E-state index contributed by atoms with van der Waals surface area (Å²) in [6.45, 7) is 0. The lowest BCUT2D eigenvalue weighted by Gasteiger charge is -2.11. The number of aromatic amines is 1. The first-order valence-corrected chi connectivity index (χ1v) is 14.1. The van der Waals surface area contributed by atoms with Crippen LogP contribution >= 0.6 is 31.9 Å². The minimum atomic E-state index is -4.64. The van der Waals surface area contributed by atoms with Crippen molar-refractivity contribution in [1.82, 2.24) is 10.4 Å². The van der Waals surface area contributed by atoms with E-state index in [1.807, 2.05) is 0 Å². The number of amides is 1. The highest BCUT2D eigenvalue weighted by atomic mass is 79.9. The van der Waals surface area contributed by atoms with Crippen molar-refractivity contribution >= 4 is 60.9 Å². The van der Waals surface area contributed by atoms with Crippen LogP contribution in [0.15, 0.2) is 99.0 Å². The molecule has 1 aromatic heterocycles. The zero-order chi connectivity index (χ0) is 30.7. The molecule has 0 atom stereocenters. The molecule has 0 fully saturated rings. The summed E-state index contributed by atoms with van der Waals surface area (Å²) in [6.07, 6.45) is -3.38. The molecule has 0 bridgehead atoms. The largest absolute Gasteiger partial charge is 0.497 e. The first-order chi connectivity index (χ1) is 20.6. The number of nitrogens with one attached hydrogen (secondary N) is 2. The fourth-order valence-corrected chi connectivity index (χ4v) is 5.77. The van der Waals surface area contributed by atoms with E-state index in [9.17, 15) is 22.8 Å². The number of methoxy groups -OCH3 is 1. The van der Waals surface area contributed by atoms with Crippen LogP contribution in [0.1, 0.15) is 32.0 Å². The molecule has 12 heteroatoms. The van der Waals surface area contributed by atoms with Crippen LogP contribution in [0.5, 0.6) is 11.5 Å². The molecule has 0 unspecified atom stereocenters. The van der Waals surface area contributed by atoms with Gasteiger partial charge in [0.1, 0.15) is 11.4 Å². The van der Waals surface area contributed by atoms with Gasteiger partial charge in [0, 0.05) is 21.0 Å². The maximum atomic E-state index is 13.8. The molecular weight excluding hydrogens is 695 g/mol. The quantitative estimate of drug-likeness (QED) is 0.0767. The van der Waals surface area contributed by atoms with Crippen molar-refractivity contribution in [2.45, 2.75) is 6.18 Å². The van der Waals surface area contributed by atoms with Crippen molar-refractivity contribution in [3.05, 3.63) is 116 Å². The molecular formula is C31H20Br2F3N3O4. The Kier molecular flexibility index (Phi) is 8.69. The van der Waals surface area contributed by atoms with E-state index in [-0.39, 0.29) is 27.9 Å². The van der Waals surface area contributed by atoms with Gasteiger partial charge in [0.2, 0.25) is 0 Å². The maximum Gasteiger partial charge on any atom is 0.418 e. The number of alkyl halides is 3. The normalized spacial score (nSPS) is 11.6. The van der Waals surface area contributed by atoms with E-state index in [1.165, 1.54) is 31.5 Å². The van der Waals surface area contributed by atoms with Crippen LogP contribution in [0.2, 0.25) is 0 Å². The topological polar surface area (TPSA) is 92.8 Å². The van der Waals surface area contributed by atoms with E-state index < -0.39 is 23.6 Å². The lowest BCUT2D eigenvalue weighted by atomic mass is 10.0. The third-order valence-electron chi connectivity index (χ3n) is 6.34. The maximum absolute atomic E-state index is 13.8.